The fourth-order valence-corrected chi connectivity index (χ4v) is 2.06. The van der Waals surface area contributed by atoms with Crippen LogP contribution in [-0.2, 0) is 0 Å². The van der Waals surface area contributed by atoms with Gasteiger partial charge in [0.2, 0.25) is 0 Å². The monoisotopic (exact) mass is 386 g/mol. The first-order chi connectivity index (χ1) is 8.15. The predicted octanol–water partition coefficient (Wildman–Crippen LogP) is 2.58. The van der Waals surface area contributed by atoms with Gasteiger partial charge >= 0.3 is 0 Å². The Labute approximate surface area is 126 Å². The molecule has 2 N–H and O–H groups in total. The Balaban J connectivity index is 0.00000289. The Hall–Kier alpha value is -0.400. The predicted molar refractivity (Wildman–Crippen MR) is 81.9 cm³/mol. The lowest BCUT2D eigenvalue weighted by Gasteiger charge is -2.07. The second kappa shape index (κ2) is 9.52. The van der Waals surface area contributed by atoms with Crippen LogP contribution < -0.4 is 10.6 Å². The van der Waals surface area contributed by atoms with Gasteiger partial charge in [-0.05, 0) is 53.8 Å². The van der Waals surface area contributed by atoms with Gasteiger partial charge in [0.15, 0.2) is 0 Å². The number of rotatable bonds is 6. The molecule has 0 unspecified atom stereocenters. The summed E-state index contributed by atoms with van der Waals surface area (Å²) in [4.78, 5) is 11.7. The molecule has 0 aliphatic rings. The number of hydrogen-bond donors (Lipinski definition) is 2. The Morgan fingerprint density at radius 2 is 2.06 bits per heavy atom. The van der Waals surface area contributed by atoms with E-state index in [9.17, 15) is 9.18 Å². The van der Waals surface area contributed by atoms with E-state index in [1.807, 2.05) is 22.6 Å². The first kappa shape index (κ1) is 17.6. The standard InChI is InChI=1S/C12H16FIN2O.ClH/c1-2-5-15-6-7-16-12(17)10-4-3-9(13)8-11(10)14;/h3-4,8,15H,2,5-7H2,1H3,(H,16,17);1H. The third-order valence-electron chi connectivity index (χ3n) is 2.19. The van der Waals surface area contributed by atoms with Gasteiger partial charge < -0.3 is 10.6 Å². The van der Waals surface area contributed by atoms with Crippen molar-refractivity contribution in [3.63, 3.8) is 0 Å². The maximum Gasteiger partial charge on any atom is 0.252 e. The summed E-state index contributed by atoms with van der Waals surface area (Å²) in [5.41, 5.74) is 0.516. The summed E-state index contributed by atoms with van der Waals surface area (Å²) in [5, 5.41) is 5.98. The van der Waals surface area contributed by atoms with Crippen LogP contribution in [0.1, 0.15) is 23.7 Å². The van der Waals surface area contributed by atoms with Crippen molar-refractivity contribution in [2.45, 2.75) is 13.3 Å². The molecule has 0 bridgehead atoms. The average Bonchev–Trinajstić information content (AvgIpc) is 2.28. The zero-order valence-corrected chi connectivity index (χ0v) is 13.1. The third-order valence-corrected chi connectivity index (χ3v) is 3.08. The Bertz CT molecular complexity index is 390. The van der Waals surface area contributed by atoms with Gasteiger partial charge in [-0.3, -0.25) is 4.79 Å². The molecule has 18 heavy (non-hydrogen) atoms. The molecule has 1 rings (SSSR count). The minimum absolute atomic E-state index is 0. The number of carbonyl (C=O) groups excluding carboxylic acids is 1. The smallest absolute Gasteiger partial charge is 0.252 e. The lowest BCUT2D eigenvalue weighted by atomic mass is 10.2. The zero-order chi connectivity index (χ0) is 12.7. The van der Waals surface area contributed by atoms with E-state index in [4.69, 9.17) is 0 Å². The minimum atomic E-state index is -0.324. The van der Waals surface area contributed by atoms with E-state index in [-0.39, 0.29) is 24.1 Å². The van der Waals surface area contributed by atoms with Gasteiger partial charge in [-0.15, -0.1) is 12.4 Å². The minimum Gasteiger partial charge on any atom is -0.351 e. The second-order valence-electron chi connectivity index (χ2n) is 3.63. The fraction of sp³-hybridized carbons (Fsp3) is 0.417. The summed E-state index contributed by atoms with van der Waals surface area (Å²) in [6.07, 6.45) is 1.07. The normalized spacial score (nSPS) is 9.72. The fourth-order valence-electron chi connectivity index (χ4n) is 1.34. The molecule has 0 spiro atoms. The van der Waals surface area contributed by atoms with Gasteiger partial charge in [-0.1, -0.05) is 6.92 Å². The number of nitrogens with one attached hydrogen (secondary N) is 2. The van der Waals surface area contributed by atoms with Crippen molar-refractivity contribution in [1.29, 1.82) is 0 Å². The summed E-state index contributed by atoms with van der Waals surface area (Å²) in [6.45, 7) is 4.36. The topological polar surface area (TPSA) is 41.1 Å². The largest absolute Gasteiger partial charge is 0.351 e. The molecular weight excluding hydrogens is 370 g/mol. The molecule has 102 valence electrons. The van der Waals surface area contributed by atoms with Crippen molar-refractivity contribution < 1.29 is 9.18 Å². The van der Waals surface area contributed by atoms with Gasteiger partial charge in [0.1, 0.15) is 5.82 Å². The molecule has 0 fully saturated rings. The number of hydrogen-bond acceptors (Lipinski definition) is 2. The first-order valence-electron chi connectivity index (χ1n) is 5.59. The van der Waals surface area contributed by atoms with Crippen molar-refractivity contribution >= 4 is 40.9 Å². The zero-order valence-electron chi connectivity index (χ0n) is 10.1. The molecule has 3 nitrogen and oxygen atoms in total. The summed E-state index contributed by atoms with van der Waals surface area (Å²) in [5.74, 6) is -0.483. The van der Waals surface area contributed by atoms with E-state index in [0.717, 1.165) is 19.5 Å². The molecule has 0 saturated heterocycles. The van der Waals surface area contributed by atoms with E-state index in [1.54, 1.807) is 0 Å². The molecule has 0 aliphatic carbocycles. The quantitative estimate of drug-likeness (QED) is 0.583. The first-order valence-corrected chi connectivity index (χ1v) is 6.67. The highest BCUT2D eigenvalue weighted by Crippen LogP contribution is 2.13. The van der Waals surface area contributed by atoms with Crippen LogP contribution in [0.3, 0.4) is 0 Å². The van der Waals surface area contributed by atoms with Crippen molar-refractivity contribution in [2.24, 2.45) is 0 Å². The molecule has 0 saturated carbocycles. The number of benzene rings is 1. The average molecular weight is 387 g/mol. The van der Waals surface area contributed by atoms with Crippen LogP contribution in [0.25, 0.3) is 0 Å². The van der Waals surface area contributed by atoms with Crippen LogP contribution in [-0.4, -0.2) is 25.5 Å². The molecule has 6 heteroatoms. The highest BCUT2D eigenvalue weighted by atomic mass is 127. The van der Waals surface area contributed by atoms with Crippen LogP contribution in [0.4, 0.5) is 4.39 Å². The van der Waals surface area contributed by atoms with Gasteiger partial charge in [-0.2, -0.15) is 0 Å². The van der Waals surface area contributed by atoms with Crippen LogP contribution >= 0.6 is 35.0 Å². The number of amides is 1. The second-order valence-corrected chi connectivity index (χ2v) is 4.79. The summed E-state index contributed by atoms with van der Waals surface area (Å²) < 4.78 is 13.5. The van der Waals surface area contributed by atoms with E-state index < -0.39 is 0 Å². The maximum absolute atomic E-state index is 12.9. The summed E-state index contributed by atoms with van der Waals surface area (Å²) in [6, 6.07) is 4.16. The molecule has 0 heterocycles. The van der Waals surface area contributed by atoms with E-state index in [2.05, 4.69) is 17.6 Å². The van der Waals surface area contributed by atoms with Gasteiger partial charge in [-0.25, -0.2) is 4.39 Å². The molecule has 1 aromatic rings. The van der Waals surface area contributed by atoms with Crippen LogP contribution in [0.5, 0.6) is 0 Å². The molecular formula is C12H17ClFIN2O. The highest BCUT2D eigenvalue weighted by molar-refractivity contribution is 14.1. The lowest BCUT2D eigenvalue weighted by Crippen LogP contribution is -2.32. The molecule has 0 aliphatic heterocycles. The highest BCUT2D eigenvalue weighted by Gasteiger charge is 2.09. The SMILES string of the molecule is CCCNCCNC(=O)c1ccc(F)cc1I.Cl. The van der Waals surface area contributed by atoms with Crippen LogP contribution in [0.2, 0.25) is 0 Å². The van der Waals surface area contributed by atoms with Gasteiger partial charge in [0.05, 0.1) is 5.56 Å². The Morgan fingerprint density at radius 3 is 2.67 bits per heavy atom. The van der Waals surface area contributed by atoms with Crippen molar-refractivity contribution in [1.82, 2.24) is 10.6 Å². The van der Waals surface area contributed by atoms with E-state index >= 15 is 0 Å². The van der Waals surface area contributed by atoms with E-state index in [0.29, 0.717) is 15.7 Å². The van der Waals surface area contributed by atoms with Gasteiger partial charge in [0.25, 0.3) is 5.91 Å². The molecule has 1 amide bonds. The number of halogens is 3. The van der Waals surface area contributed by atoms with Crippen molar-refractivity contribution in [3.8, 4) is 0 Å². The van der Waals surface area contributed by atoms with Crippen LogP contribution in [0, 0.1) is 9.39 Å². The number of carbonyl (C=O) groups is 1. The van der Waals surface area contributed by atoms with Gasteiger partial charge in [0, 0.05) is 16.7 Å². The maximum atomic E-state index is 12.9. The molecule has 1 aromatic carbocycles. The molecule has 0 radical (unpaired) electrons. The summed E-state index contributed by atoms with van der Waals surface area (Å²) in [7, 11) is 0. The third kappa shape index (κ3) is 5.97. The lowest BCUT2D eigenvalue weighted by molar-refractivity contribution is 0.0953. The summed E-state index contributed by atoms with van der Waals surface area (Å²) >= 11 is 1.96. The molecule has 0 aromatic heterocycles. The van der Waals surface area contributed by atoms with Crippen LogP contribution in [0.15, 0.2) is 18.2 Å². The van der Waals surface area contributed by atoms with Crippen molar-refractivity contribution in [2.75, 3.05) is 19.6 Å². The Morgan fingerprint density at radius 1 is 1.33 bits per heavy atom. The van der Waals surface area contributed by atoms with E-state index in [1.165, 1.54) is 18.2 Å². The molecule has 0 atom stereocenters. The Kier molecular flexibility index (Phi) is 9.31. The van der Waals surface area contributed by atoms with Crippen molar-refractivity contribution in [3.05, 3.63) is 33.1 Å².